The van der Waals surface area contributed by atoms with Gasteiger partial charge in [0.2, 0.25) is 5.90 Å². The molecule has 4 heteroatoms. The Morgan fingerprint density at radius 1 is 1.35 bits per heavy atom. The Bertz CT molecular complexity index is 496. The van der Waals surface area contributed by atoms with Crippen molar-refractivity contribution in [2.24, 2.45) is 10.4 Å². The number of rotatable bonds is 1. The minimum absolute atomic E-state index is 0.264. The van der Waals surface area contributed by atoms with E-state index in [4.69, 9.17) is 4.74 Å². The predicted octanol–water partition coefficient (Wildman–Crippen LogP) is 2.42. The van der Waals surface area contributed by atoms with Gasteiger partial charge in [0.25, 0.3) is 0 Å². The van der Waals surface area contributed by atoms with E-state index in [1.165, 1.54) is 0 Å². The fourth-order valence-corrected chi connectivity index (χ4v) is 1.35. The van der Waals surface area contributed by atoms with E-state index in [-0.39, 0.29) is 5.41 Å². The molecule has 0 unspecified atom stereocenters. The Morgan fingerprint density at radius 3 is 2.65 bits per heavy atom. The van der Waals surface area contributed by atoms with Crippen molar-refractivity contribution >= 4 is 17.9 Å². The summed E-state index contributed by atoms with van der Waals surface area (Å²) in [6.45, 7) is 5.85. The summed E-state index contributed by atoms with van der Waals surface area (Å²) in [6.07, 6.45) is 5.03. The normalized spacial score (nSPS) is 18.2. The molecule has 0 radical (unpaired) electrons. The second-order valence-electron chi connectivity index (χ2n) is 4.87. The van der Waals surface area contributed by atoms with Crippen molar-refractivity contribution in [3.63, 3.8) is 0 Å². The van der Waals surface area contributed by atoms with Crippen LogP contribution in [0.3, 0.4) is 0 Å². The molecule has 2 rings (SSSR count). The van der Waals surface area contributed by atoms with Crippen LogP contribution in [0.25, 0.3) is 6.08 Å². The first-order valence-corrected chi connectivity index (χ1v) is 5.40. The number of pyridine rings is 1. The van der Waals surface area contributed by atoms with E-state index in [1.54, 1.807) is 24.5 Å². The van der Waals surface area contributed by atoms with Crippen molar-refractivity contribution in [1.82, 2.24) is 4.98 Å². The highest BCUT2D eigenvalue weighted by Crippen LogP contribution is 2.25. The maximum absolute atomic E-state index is 11.6. The molecule has 17 heavy (non-hydrogen) atoms. The maximum atomic E-state index is 11.6. The Balaban J connectivity index is 2.32. The summed E-state index contributed by atoms with van der Waals surface area (Å²) >= 11 is 0. The SMILES string of the molecule is CC(C)(C)C1=N/C(=C\c2cccnc2)C(=O)O1. The summed E-state index contributed by atoms with van der Waals surface area (Å²) in [7, 11) is 0. The van der Waals surface area contributed by atoms with Gasteiger partial charge < -0.3 is 4.74 Å². The summed E-state index contributed by atoms with van der Waals surface area (Å²) in [5, 5.41) is 0. The number of carbonyl (C=O) groups excluding carboxylic acids is 1. The van der Waals surface area contributed by atoms with Gasteiger partial charge >= 0.3 is 5.97 Å². The van der Waals surface area contributed by atoms with Gasteiger partial charge in [-0.25, -0.2) is 9.79 Å². The second-order valence-corrected chi connectivity index (χ2v) is 4.87. The van der Waals surface area contributed by atoms with Crippen molar-refractivity contribution in [2.75, 3.05) is 0 Å². The number of carbonyl (C=O) groups is 1. The van der Waals surface area contributed by atoms with E-state index in [2.05, 4.69) is 9.98 Å². The number of aliphatic imine (C=N–C) groups is 1. The zero-order valence-corrected chi connectivity index (χ0v) is 10.1. The molecule has 0 amide bonds. The summed E-state index contributed by atoms with van der Waals surface area (Å²) in [5.41, 5.74) is 0.890. The average molecular weight is 230 g/mol. The minimum atomic E-state index is -0.404. The van der Waals surface area contributed by atoms with Gasteiger partial charge in [-0.1, -0.05) is 26.8 Å². The molecule has 1 aromatic rings. The highest BCUT2D eigenvalue weighted by atomic mass is 16.6. The van der Waals surface area contributed by atoms with E-state index in [9.17, 15) is 4.79 Å². The third-order valence-corrected chi connectivity index (χ3v) is 2.25. The van der Waals surface area contributed by atoms with Gasteiger partial charge in [-0.05, 0) is 17.7 Å². The van der Waals surface area contributed by atoms with Crippen molar-refractivity contribution in [2.45, 2.75) is 20.8 Å². The monoisotopic (exact) mass is 230 g/mol. The summed E-state index contributed by atoms with van der Waals surface area (Å²) < 4.78 is 5.13. The van der Waals surface area contributed by atoms with Crippen molar-refractivity contribution < 1.29 is 9.53 Å². The fraction of sp³-hybridized carbons (Fsp3) is 0.308. The molecule has 0 aromatic carbocycles. The number of nitrogens with zero attached hydrogens (tertiary/aromatic N) is 2. The number of aromatic nitrogens is 1. The number of esters is 1. The number of ether oxygens (including phenoxy) is 1. The lowest BCUT2D eigenvalue weighted by Gasteiger charge is -2.15. The van der Waals surface area contributed by atoms with E-state index in [1.807, 2.05) is 26.8 Å². The number of cyclic esters (lactones) is 1. The first-order valence-electron chi connectivity index (χ1n) is 5.40. The first-order chi connectivity index (χ1) is 7.97. The van der Waals surface area contributed by atoms with E-state index in [0.717, 1.165) is 5.56 Å². The third-order valence-electron chi connectivity index (χ3n) is 2.25. The standard InChI is InChI=1S/C13H14N2O2/c1-13(2,3)12-15-10(11(16)17-12)7-9-5-4-6-14-8-9/h4-8H,1-3H3/b10-7-. The highest BCUT2D eigenvalue weighted by Gasteiger charge is 2.31. The largest absolute Gasteiger partial charge is 0.406 e. The van der Waals surface area contributed by atoms with Gasteiger partial charge in [-0.3, -0.25) is 4.98 Å². The van der Waals surface area contributed by atoms with E-state index in [0.29, 0.717) is 11.6 Å². The molecule has 1 aromatic heterocycles. The third kappa shape index (κ3) is 2.58. The quantitative estimate of drug-likeness (QED) is 0.550. The van der Waals surface area contributed by atoms with Crippen molar-refractivity contribution in [3.05, 3.63) is 35.8 Å². The van der Waals surface area contributed by atoms with Crippen molar-refractivity contribution in [1.29, 1.82) is 0 Å². The zero-order valence-electron chi connectivity index (χ0n) is 10.1. The average Bonchev–Trinajstić information content (AvgIpc) is 2.62. The van der Waals surface area contributed by atoms with E-state index < -0.39 is 5.97 Å². The minimum Gasteiger partial charge on any atom is -0.406 e. The molecule has 0 N–H and O–H groups in total. The molecule has 0 spiro atoms. The van der Waals surface area contributed by atoms with Gasteiger partial charge in [-0.2, -0.15) is 0 Å². The molecule has 1 aliphatic heterocycles. The molecule has 0 atom stereocenters. The Hall–Kier alpha value is -1.97. The van der Waals surface area contributed by atoms with Gasteiger partial charge in [0.05, 0.1) is 0 Å². The van der Waals surface area contributed by atoms with Crippen LogP contribution in [0.15, 0.2) is 35.2 Å². The van der Waals surface area contributed by atoms with Crippen molar-refractivity contribution in [3.8, 4) is 0 Å². The van der Waals surface area contributed by atoms with Gasteiger partial charge in [0.1, 0.15) is 0 Å². The molecule has 0 fully saturated rings. The Labute approximate surface area is 100 Å². The molecule has 88 valence electrons. The predicted molar refractivity (Wildman–Crippen MR) is 65.2 cm³/mol. The van der Waals surface area contributed by atoms with Crippen LogP contribution in [-0.2, 0) is 9.53 Å². The lowest BCUT2D eigenvalue weighted by atomic mass is 9.97. The lowest BCUT2D eigenvalue weighted by molar-refractivity contribution is -0.130. The Morgan fingerprint density at radius 2 is 2.12 bits per heavy atom. The first kappa shape index (κ1) is 11.5. The summed E-state index contributed by atoms with van der Waals surface area (Å²) in [6, 6.07) is 3.67. The summed E-state index contributed by atoms with van der Waals surface area (Å²) in [5.74, 6) is 0.0522. The lowest BCUT2D eigenvalue weighted by Crippen LogP contribution is -2.21. The molecule has 0 bridgehead atoms. The molecular weight excluding hydrogens is 216 g/mol. The molecule has 1 aliphatic rings. The van der Waals surface area contributed by atoms with Gasteiger partial charge in [0, 0.05) is 17.8 Å². The second kappa shape index (κ2) is 4.13. The molecule has 2 heterocycles. The summed E-state index contributed by atoms with van der Waals surface area (Å²) in [4.78, 5) is 19.8. The van der Waals surface area contributed by atoms with Crippen LogP contribution in [0.4, 0.5) is 0 Å². The molecular formula is C13H14N2O2. The van der Waals surface area contributed by atoms with Gasteiger partial charge in [-0.15, -0.1) is 0 Å². The highest BCUT2D eigenvalue weighted by molar-refractivity contribution is 6.08. The fourth-order valence-electron chi connectivity index (χ4n) is 1.35. The van der Waals surface area contributed by atoms with Crippen LogP contribution < -0.4 is 0 Å². The number of hydrogen-bond acceptors (Lipinski definition) is 4. The van der Waals surface area contributed by atoms with E-state index >= 15 is 0 Å². The molecule has 0 saturated carbocycles. The van der Waals surface area contributed by atoms with Crippen LogP contribution in [-0.4, -0.2) is 16.9 Å². The smallest absolute Gasteiger partial charge is 0.363 e. The van der Waals surface area contributed by atoms with Crippen LogP contribution in [0.5, 0.6) is 0 Å². The zero-order chi connectivity index (χ0) is 12.5. The molecule has 0 saturated heterocycles. The van der Waals surface area contributed by atoms with Crippen LogP contribution >= 0.6 is 0 Å². The number of hydrogen-bond donors (Lipinski definition) is 0. The van der Waals surface area contributed by atoms with Crippen LogP contribution in [0, 0.1) is 5.41 Å². The maximum Gasteiger partial charge on any atom is 0.363 e. The van der Waals surface area contributed by atoms with Crippen LogP contribution in [0.1, 0.15) is 26.3 Å². The van der Waals surface area contributed by atoms with Gasteiger partial charge in [0.15, 0.2) is 5.70 Å². The molecule has 0 aliphatic carbocycles. The van der Waals surface area contributed by atoms with Crippen LogP contribution in [0.2, 0.25) is 0 Å². The molecule has 4 nitrogen and oxygen atoms in total. The topological polar surface area (TPSA) is 51.5 Å². The Kier molecular flexibility index (Phi) is 2.79.